The average molecular weight is 291 g/mol. The summed E-state index contributed by atoms with van der Waals surface area (Å²) in [5.41, 5.74) is 4.16. The molecule has 0 fully saturated rings. The highest BCUT2D eigenvalue weighted by Gasteiger charge is 2.14. The van der Waals surface area contributed by atoms with Crippen molar-refractivity contribution in [1.29, 1.82) is 0 Å². The van der Waals surface area contributed by atoms with Gasteiger partial charge in [-0.25, -0.2) is 0 Å². The predicted octanol–water partition coefficient (Wildman–Crippen LogP) is 4.15. The molecule has 1 N–H and O–H groups in total. The van der Waals surface area contributed by atoms with Gasteiger partial charge in [0.15, 0.2) is 0 Å². The molecule has 0 aliphatic rings. The molecule has 0 saturated heterocycles. The normalized spacial score (nSPS) is 12.5. The second-order valence-electron chi connectivity index (χ2n) is 4.29. The third-order valence-electron chi connectivity index (χ3n) is 2.91. The zero-order valence-electron chi connectivity index (χ0n) is 9.94. The second-order valence-corrected chi connectivity index (χ2v) is 5.08. The Labute approximate surface area is 110 Å². The molecule has 0 spiro atoms. The number of hydrogen-bond acceptors (Lipinski definition) is 1. The van der Waals surface area contributed by atoms with E-state index in [-0.39, 0.29) is 0 Å². The molecule has 0 saturated carbocycles. The van der Waals surface area contributed by atoms with E-state index >= 15 is 0 Å². The van der Waals surface area contributed by atoms with E-state index in [2.05, 4.69) is 15.9 Å². The van der Waals surface area contributed by atoms with Gasteiger partial charge in [0.25, 0.3) is 0 Å². The van der Waals surface area contributed by atoms with Gasteiger partial charge in [0.05, 0.1) is 0 Å². The van der Waals surface area contributed by atoms with Crippen molar-refractivity contribution >= 4 is 15.9 Å². The minimum atomic E-state index is -0.579. The minimum Gasteiger partial charge on any atom is -0.384 e. The van der Waals surface area contributed by atoms with Crippen LogP contribution < -0.4 is 0 Å². The number of rotatable bonds is 2. The number of aliphatic hydroxyl groups is 1. The first-order valence-electron chi connectivity index (χ1n) is 5.59. The van der Waals surface area contributed by atoms with Crippen molar-refractivity contribution in [3.63, 3.8) is 0 Å². The maximum atomic E-state index is 10.4. The Morgan fingerprint density at radius 1 is 1.00 bits per heavy atom. The molecule has 88 valence electrons. The Bertz CT molecular complexity index is 517. The molecular weight excluding hydrogens is 276 g/mol. The molecule has 0 aliphatic heterocycles. The molecule has 0 aromatic heterocycles. The Kier molecular flexibility index (Phi) is 3.65. The Hall–Kier alpha value is -1.12. The predicted molar refractivity (Wildman–Crippen MR) is 74.1 cm³/mol. The number of hydrogen-bond donors (Lipinski definition) is 1. The van der Waals surface area contributed by atoms with Crippen LogP contribution in [0.1, 0.15) is 28.4 Å². The lowest BCUT2D eigenvalue weighted by Crippen LogP contribution is -2.01. The van der Waals surface area contributed by atoms with Crippen LogP contribution in [0.3, 0.4) is 0 Å². The van der Waals surface area contributed by atoms with Crippen molar-refractivity contribution in [3.05, 3.63) is 69.2 Å². The molecule has 2 heteroatoms. The van der Waals surface area contributed by atoms with E-state index in [1.807, 2.05) is 56.3 Å². The van der Waals surface area contributed by atoms with Crippen LogP contribution in [-0.4, -0.2) is 5.11 Å². The zero-order valence-corrected chi connectivity index (χ0v) is 11.5. The molecule has 1 atom stereocenters. The lowest BCUT2D eigenvalue weighted by molar-refractivity contribution is 0.219. The maximum absolute atomic E-state index is 10.4. The summed E-state index contributed by atoms with van der Waals surface area (Å²) in [6, 6.07) is 13.9. The topological polar surface area (TPSA) is 20.2 Å². The SMILES string of the molecule is Cc1ccc(C(O)c2cccc(C)c2Br)cc1. The first-order valence-corrected chi connectivity index (χ1v) is 6.38. The van der Waals surface area contributed by atoms with Crippen molar-refractivity contribution in [2.75, 3.05) is 0 Å². The van der Waals surface area contributed by atoms with E-state index in [0.717, 1.165) is 21.2 Å². The van der Waals surface area contributed by atoms with Crippen LogP contribution in [0.2, 0.25) is 0 Å². The summed E-state index contributed by atoms with van der Waals surface area (Å²) in [5, 5.41) is 10.4. The van der Waals surface area contributed by atoms with Crippen LogP contribution in [0.5, 0.6) is 0 Å². The Balaban J connectivity index is 2.40. The number of aliphatic hydroxyl groups excluding tert-OH is 1. The highest BCUT2D eigenvalue weighted by Crippen LogP contribution is 2.30. The summed E-state index contributed by atoms with van der Waals surface area (Å²) < 4.78 is 0.980. The van der Waals surface area contributed by atoms with Gasteiger partial charge in [0.2, 0.25) is 0 Å². The average Bonchev–Trinajstić information content (AvgIpc) is 2.33. The fraction of sp³-hybridized carbons (Fsp3) is 0.200. The van der Waals surface area contributed by atoms with Gasteiger partial charge in [-0.05, 0) is 30.5 Å². The van der Waals surface area contributed by atoms with Crippen LogP contribution in [0.15, 0.2) is 46.9 Å². The largest absolute Gasteiger partial charge is 0.384 e. The summed E-state index contributed by atoms with van der Waals surface area (Å²) in [6.07, 6.45) is -0.579. The number of benzene rings is 2. The monoisotopic (exact) mass is 290 g/mol. The van der Waals surface area contributed by atoms with Gasteiger partial charge >= 0.3 is 0 Å². The van der Waals surface area contributed by atoms with Gasteiger partial charge in [-0.2, -0.15) is 0 Å². The molecule has 17 heavy (non-hydrogen) atoms. The van der Waals surface area contributed by atoms with Gasteiger partial charge in [-0.1, -0.05) is 64.0 Å². The van der Waals surface area contributed by atoms with Crippen molar-refractivity contribution in [3.8, 4) is 0 Å². The first-order chi connectivity index (χ1) is 8.09. The standard InChI is InChI=1S/C15H15BrO/c1-10-6-8-12(9-7-10)15(17)13-5-3-4-11(2)14(13)16/h3-9,15,17H,1-2H3. The van der Waals surface area contributed by atoms with E-state index in [0.29, 0.717) is 0 Å². The fourth-order valence-electron chi connectivity index (χ4n) is 1.81. The van der Waals surface area contributed by atoms with Gasteiger partial charge in [0, 0.05) is 4.47 Å². The van der Waals surface area contributed by atoms with E-state index in [1.165, 1.54) is 5.56 Å². The van der Waals surface area contributed by atoms with Crippen molar-refractivity contribution in [2.45, 2.75) is 20.0 Å². The molecule has 2 aromatic rings. The maximum Gasteiger partial charge on any atom is 0.105 e. The summed E-state index contributed by atoms with van der Waals surface area (Å²) in [6.45, 7) is 4.06. The van der Waals surface area contributed by atoms with Crippen LogP contribution >= 0.6 is 15.9 Å². The second kappa shape index (κ2) is 5.03. The fourth-order valence-corrected chi connectivity index (χ4v) is 2.29. The highest BCUT2D eigenvalue weighted by molar-refractivity contribution is 9.10. The van der Waals surface area contributed by atoms with Crippen LogP contribution in [0.4, 0.5) is 0 Å². The lowest BCUT2D eigenvalue weighted by Gasteiger charge is -2.14. The summed E-state index contributed by atoms with van der Waals surface area (Å²) in [7, 11) is 0. The van der Waals surface area contributed by atoms with Crippen molar-refractivity contribution in [1.82, 2.24) is 0 Å². The smallest absolute Gasteiger partial charge is 0.105 e. The summed E-state index contributed by atoms with van der Waals surface area (Å²) in [4.78, 5) is 0. The van der Waals surface area contributed by atoms with Gasteiger partial charge in [-0.15, -0.1) is 0 Å². The molecule has 0 radical (unpaired) electrons. The van der Waals surface area contributed by atoms with Crippen molar-refractivity contribution < 1.29 is 5.11 Å². The van der Waals surface area contributed by atoms with Gasteiger partial charge in [0.1, 0.15) is 6.10 Å². The number of halogens is 1. The van der Waals surface area contributed by atoms with Crippen LogP contribution in [0, 0.1) is 13.8 Å². The molecule has 0 heterocycles. The van der Waals surface area contributed by atoms with E-state index < -0.39 is 6.10 Å². The molecule has 1 unspecified atom stereocenters. The summed E-state index contributed by atoms with van der Waals surface area (Å²) >= 11 is 3.53. The quantitative estimate of drug-likeness (QED) is 0.881. The molecule has 0 aliphatic carbocycles. The molecule has 2 aromatic carbocycles. The molecular formula is C15H15BrO. The Morgan fingerprint density at radius 2 is 1.65 bits per heavy atom. The van der Waals surface area contributed by atoms with E-state index in [4.69, 9.17) is 0 Å². The van der Waals surface area contributed by atoms with Gasteiger partial charge in [-0.3, -0.25) is 0 Å². The third kappa shape index (κ3) is 2.59. The lowest BCUT2D eigenvalue weighted by atomic mass is 9.99. The number of aryl methyl sites for hydroxylation is 2. The summed E-state index contributed by atoms with van der Waals surface area (Å²) in [5.74, 6) is 0. The highest BCUT2D eigenvalue weighted by atomic mass is 79.9. The molecule has 0 bridgehead atoms. The van der Waals surface area contributed by atoms with E-state index in [1.54, 1.807) is 0 Å². The first kappa shape index (κ1) is 12.3. The van der Waals surface area contributed by atoms with Crippen LogP contribution in [0.25, 0.3) is 0 Å². The zero-order chi connectivity index (χ0) is 12.4. The van der Waals surface area contributed by atoms with Crippen molar-refractivity contribution in [2.24, 2.45) is 0 Å². The Morgan fingerprint density at radius 3 is 2.29 bits per heavy atom. The molecule has 2 rings (SSSR count). The van der Waals surface area contributed by atoms with E-state index in [9.17, 15) is 5.11 Å². The molecule has 1 nitrogen and oxygen atoms in total. The molecule has 0 amide bonds. The third-order valence-corrected chi connectivity index (χ3v) is 3.99. The van der Waals surface area contributed by atoms with Crippen LogP contribution in [-0.2, 0) is 0 Å². The minimum absolute atomic E-state index is 0.579. The van der Waals surface area contributed by atoms with Gasteiger partial charge < -0.3 is 5.11 Å².